The number of ether oxygens (including phenoxy) is 1. The number of thioether (sulfide) groups is 1. The summed E-state index contributed by atoms with van der Waals surface area (Å²) in [6, 6.07) is 12.3. The van der Waals surface area contributed by atoms with E-state index < -0.39 is 17.6 Å². The minimum atomic E-state index is -4.48. The molecule has 3 aromatic rings. The summed E-state index contributed by atoms with van der Waals surface area (Å²) >= 11 is 1.12. The number of carbonyl (C=O) groups is 1. The number of nitrogens with one attached hydrogen (secondary N) is 1. The zero-order valence-electron chi connectivity index (χ0n) is 18.8. The lowest BCUT2D eigenvalue weighted by molar-refractivity contribution is -0.137. The standard InChI is InChI=1S/C24H25F3N4O2S/c1-4-12-31-21(14-33-20-10-8-17(9-11-20)16(2)3)29-30-23(31)34-15-22(32)28-19-7-5-6-18(13-19)24(25,26)27/h4-11,13,16H,1,12,14-15H2,2-3H3,(H,28,32). The molecule has 0 fully saturated rings. The van der Waals surface area contributed by atoms with Crippen LogP contribution in [0.5, 0.6) is 5.75 Å². The second-order valence-corrected chi connectivity index (χ2v) is 8.67. The van der Waals surface area contributed by atoms with Crippen LogP contribution in [0.3, 0.4) is 0 Å². The fourth-order valence-electron chi connectivity index (χ4n) is 3.04. The number of halogens is 3. The van der Waals surface area contributed by atoms with Gasteiger partial charge in [0.1, 0.15) is 12.4 Å². The molecule has 0 aliphatic heterocycles. The molecule has 0 saturated heterocycles. The van der Waals surface area contributed by atoms with Gasteiger partial charge >= 0.3 is 6.18 Å². The monoisotopic (exact) mass is 490 g/mol. The first-order valence-electron chi connectivity index (χ1n) is 10.5. The van der Waals surface area contributed by atoms with E-state index in [-0.39, 0.29) is 18.0 Å². The van der Waals surface area contributed by atoms with Gasteiger partial charge in [0.2, 0.25) is 5.91 Å². The Hall–Kier alpha value is -3.27. The van der Waals surface area contributed by atoms with Crippen molar-refractivity contribution in [2.75, 3.05) is 11.1 Å². The van der Waals surface area contributed by atoms with Gasteiger partial charge in [0, 0.05) is 12.2 Å². The number of alkyl halides is 3. The van der Waals surface area contributed by atoms with Crippen LogP contribution in [-0.4, -0.2) is 26.4 Å². The van der Waals surface area contributed by atoms with Gasteiger partial charge in [0.05, 0.1) is 11.3 Å². The largest absolute Gasteiger partial charge is 0.486 e. The quantitative estimate of drug-likeness (QED) is 0.282. The van der Waals surface area contributed by atoms with Crippen molar-refractivity contribution >= 4 is 23.4 Å². The summed E-state index contributed by atoms with van der Waals surface area (Å²) < 4.78 is 46.2. The molecule has 0 saturated carbocycles. The maximum absolute atomic E-state index is 12.9. The number of aromatic nitrogens is 3. The highest BCUT2D eigenvalue weighted by Gasteiger charge is 2.30. The van der Waals surface area contributed by atoms with E-state index in [1.54, 1.807) is 10.6 Å². The summed E-state index contributed by atoms with van der Waals surface area (Å²) in [6.07, 6.45) is -2.80. The van der Waals surface area contributed by atoms with Crippen LogP contribution in [-0.2, 0) is 24.1 Å². The third-order valence-corrected chi connectivity index (χ3v) is 5.79. The van der Waals surface area contributed by atoms with Gasteiger partial charge in [-0.25, -0.2) is 0 Å². The zero-order chi connectivity index (χ0) is 24.7. The van der Waals surface area contributed by atoms with Gasteiger partial charge in [-0.1, -0.05) is 49.9 Å². The molecule has 0 atom stereocenters. The Morgan fingerprint density at radius 2 is 1.94 bits per heavy atom. The highest BCUT2D eigenvalue weighted by atomic mass is 32.2. The zero-order valence-corrected chi connectivity index (χ0v) is 19.6. The van der Waals surface area contributed by atoms with E-state index >= 15 is 0 Å². The molecular weight excluding hydrogens is 465 g/mol. The average molecular weight is 491 g/mol. The number of allylic oxidation sites excluding steroid dienone is 1. The van der Waals surface area contributed by atoms with E-state index in [1.807, 2.05) is 24.3 Å². The van der Waals surface area contributed by atoms with Crippen LogP contribution in [0.1, 0.15) is 36.7 Å². The van der Waals surface area contributed by atoms with Crippen LogP contribution in [0.4, 0.5) is 18.9 Å². The Morgan fingerprint density at radius 1 is 1.21 bits per heavy atom. The second kappa shape index (κ2) is 11.2. The van der Waals surface area contributed by atoms with E-state index in [0.29, 0.717) is 29.2 Å². The van der Waals surface area contributed by atoms with Crippen LogP contribution in [0.15, 0.2) is 66.3 Å². The fourth-order valence-corrected chi connectivity index (χ4v) is 3.81. The number of rotatable bonds is 10. The molecule has 1 amide bonds. The lowest BCUT2D eigenvalue weighted by Crippen LogP contribution is -2.15. The Labute approximate surface area is 200 Å². The Bertz CT molecular complexity index is 1130. The van der Waals surface area contributed by atoms with Gasteiger partial charge in [-0.05, 0) is 41.8 Å². The van der Waals surface area contributed by atoms with E-state index in [2.05, 4.69) is 35.9 Å². The minimum absolute atomic E-state index is 0.0525. The first-order valence-corrected chi connectivity index (χ1v) is 11.5. The number of carbonyl (C=O) groups excluding carboxylic acids is 1. The summed E-state index contributed by atoms with van der Waals surface area (Å²) in [5.74, 6) is 1.18. The topological polar surface area (TPSA) is 69.0 Å². The summed E-state index contributed by atoms with van der Waals surface area (Å²) in [6.45, 7) is 8.57. The van der Waals surface area contributed by atoms with E-state index in [1.165, 1.54) is 17.7 Å². The molecule has 0 unspecified atom stereocenters. The summed E-state index contributed by atoms with van der Waals surface area (Å²) in [5, 5.41) is 11.2. The number of anilines is 1. The average Bonchev–Trinajstić information content (AvgIpc) is 3.18. The fraction of sp³-hybridized carbons (Fsp3) is 0.292. The first-order chi connectivity index (χ1) is 16.2. The molecule has 34 heavy (non-hydrogen) atoms. The normalized spacial score (nSPS) is 11.5. The molecule has 0 radical (unpaired) electrons. The maximum atomic E-state index is 12.9. The van der Waals surface area contributed by atoms with E-state index in [0.717, 1.165) is 23.9 Å². The van der Waals surface area contributed by atoms with Crippen molar-refractivity contribution in [3.63, 3.8) is 0 Å². The molecule has 180 valence electrons. The molecule has 0 bridgehead atoms. The van der Waals surface area contributed by atoms with E-state index in [9.17, 15) is 18.0 Å². The lowest BCUT2D eigenvalue weighted by atomic mass is 10.0. The van der Waals surface area contributed by atoms with E-state index in [4.69, 9.17) is 4.74 Å². The summed E-state index contributed by atoms with van der Waals surface area (Å²) in [5.41, 5.74) is 0.460. The molecule has 0 aliphatic rings. The molecule has 1 heterocycles. The van der Waals surface area contributed by atoms with Gasteiger partial charge < -0.3 is 10.1 Å². The molecule has 10 heteroatoms. The van der Waals surface area contributed by atoms with Gasteiger partial charge in [0.15, 0.2) is 11.0 Å². The summed E-state index contributed by atoms with van der Waals surface area (Å²) in [7, 11) is 0. The number of amides is 1. The second-order valence-electron chi connectivity index (χ2n) is 7.73. The van der Waals surface area contributed by atoms with Crippen molar-refractivity contribution in [1.29, 1.82) is 0 Å². The SMILES string of the molecule is C=CCn1c(COc2ccc(C(C)C)cc2)nnc1SCC(=O)Nc1cccc(C(F)(F)F)c1. The first kappa shape index (κ1) is 25.4. The predicted molar refractivity (Wildman–Crippen MR) is 126 cm³/mol. The number of hydrogen-bond donors (Lipinski definition) is 1. The molecule has 1 N–H and O–H groups in total. The van der Waals surface area contributed by atoms with Crippen molar-refractivity contribution in [3.8, 4) is 5.75 Å². The number of hydrogen-bond acceptors (Lipinski definition) is 5. The van der Waals surface area contributed by atoms with Gasteiger partial charge in [-0.2, -0.15) is 13.2 Å². The molecule has 6 nitrogen and oxygen atoms in total. The third kappa shape index (κ3) is 6.86. The van der Waals surface area contributed by atoms with Gasteiger partial charge in [0.25, 0.3) is 0 Å². The molecule has 3 rings (SSSR count). The maximum Gasteiger partial charge on any atom is 0.416 e. The Balaban J connectivity index is 1.60. The van der Waals surface area contributed by atoms with Crippen LogP contribution in [0, 0.1) is 0 Å². The Morgan fingerprint density at radius 3 is 2.59 bits per heavy atom. The van der Waals surface area contributed by atoms with Crippen LogP contribution < -0.4 is 10.1 Å². The molecule has 1 aromatic heterocycles. The third-order valence-electron chi connectivity index (χ3n) is 4.83. The highest BCUT2D eigenvalue weighted by Crippen LogP contribution is 2.30. The Kier molecular flexibility index (Phi) is 8.38. The molecule has 0 spiro atoms. The molecular formula is C24H25F3N4O2S. The molecule has 2 aromatic carbocycles. The van der Waals surface area contributed by atoms with Crippen molar-refractivity contribution in [2.45, 2.75) is 44.2 Å². The van der Waals surface area contributed by atoms with Gasteiger partial charge in [-0.15, -0.1) is 16.8 Å². The van der Waals surface area contributed by atoms with Crippen molar-refractivity contribution in [2.24, 2.45) is 0 Å². The van der Waals surface area contributed by atoms with Crippen LogP contribution >= 0.6 is 11.8 Å². The highest BCUT2D eigenvalue weighted by molar-refractivity contribution is 7.99. The summed E-state index contributed by atoms with van der Waals surface area (Å²) in [4.78, 5) is 12.3. The predicted octanol–water partition coefficient (Wildman–Crippen LogP) is 5.92. The number of benzene rings is 2. The lowest BCUT2D eigenvalue weighted by Gasteiger charge is -2.11. The van der Waals surface area contributed by atoms with Crippen molar-refractivity contribution < 1.29 is 22.7 Å². The van der Waals surface area contributed by atoms with Gasteiger partial charge in [-0.3, -0.25) is 9.36 Å². The molecule has 0 aliphatic carbocycles. The van der Waals surface area contributed by atoms with Crippen LogP contribution in [0.2, 0.25) is 0 Å². The van der Waals surface area contributed by atoms with Crippen LogP contribution in [0.25, 0.3) is 0 Å². The van der Waals surface area contributed by atoms with Crippen molar-refractivity contribution in [1.82, 2.24) is 14.8 Å². The minimum Gasteiger partial charge on any atom is -0.486 e. The van der Waals surface area contributed by atoms with Crippen molar-refractivity contribution in [3.05, 3.63) is 78.1 Å². The smallest absolute Gasteiger partial charge is 0.416 e. The number of nitrogens with zero attached hydrogens (tertiary/aromatic N) is 3.